The second-order valence-corrected chi connectivity index (χ2v) is 5.43. The monoisotopic (exact) mass is 362 g/mol. The van der Waals surface area contributed by atoms with Crippen molar-refractivity contribution in [1.29, 1.82) is 0 Å². The summed E-state index contributed by atoms with van der Waals surface area (Å²) in [5.41, 5.74) is 7.41. The van der Waals surface area contributed by atoms with Crippen molar-refractivity contribution in [3.05, 3.63) is 54.1 Å². The minimum absolute atomic E-state index is 0. The number of hydrogen-bond donors (Lipinski definition) is 2. The molecule has 0 aliphatic heterocycles. The first-order chi connectivity index (χ1) is 11.6. The first kappa shape index (κ1) is 20.5. The number of halogens is 1. The normalized spacial score (nSPS) is 9.80. The van der Waals surface area contributed by atoms with E-state index in [-0.39, 0.29) is 36.9 Å². The molecule has 0 heterocycles. The summed E-state index contributed by atoms with van der Waals surface area (Å²) in [5.74, 6) is 0.433. The van der Waals surface area contributed by atoms with Gasteiger partial charge in [-0.15, -0.1) is 12.4 Å². The van der Waals surface area contributed by atoms with E-state index in [2.05, 4.69) is 5.32 Å². The Morgan fingerprint density at radius 3 is 2.36 bits per heavy atom. The number of rotatable bonds is 8. The summed E-state index contributed by atoms with van der Waals surface area (Å²) in [5, 5.41) is 2.71. The molecule has 134 valence electrons. The lowest BCUT2D eigenvalue weighted by molar-refractivity contribution is -0.116. The van der Waals surface area contributed by atoms with Gasteiger partial charge < -0.3 is 15.8 Å². The maximum Gasteiger partial charge on any atom is 0.224 e. The zero-order chi connectivity index (χ0) is 17.4. The fourth-order valence-corrected chi connectivity index (χ4v) is 2.15. The van der Waals surface area contributed by atoms with Crippen LogP contribution in [0.25, 0.3) is 0 Å². The number of nitrogens with one attached hydrogen (secondary N) is 1. The molecule has 1 amide bonds. The van der Waals surface area contributed by atoms with Gasteiger partial charge in [0, 0.05) is 18.4 Å². The Balaban J connectivity index is 0.00000312. The summed E-state index contributed by atoms with van der Waals surface area (Å²) in [6.45, 7) is 2.68. The summed E-state index contributed by atoms with van der Waals surface area (Å²) >= 11 is 0. The third-order valence-corrected chi connectivity index (χ3v) is 3.46. The number of para-hydroxylation sites is 2. The average molecular weight is 363 g/mol. The van der Waals surface area contributed by atoms with Gasteiger partial charge in [-0.25, -0.2) is 0 Å². The van der Waals surface area contributed by atoms with Gasteiger partial charge in [0.15, 0.2) is 5.78 Å². The topological polar surface area (TPSA) is 81.4 Å². The van der Waals surface area contributed by atoms with Gasteiger partial charge in [-0.05, 0) is 42.8 Å². The summed E-state index contributed by atoms with van der Waals surface area (Å²) in [4.78, 5) is 24.1. The maximum absolute atomic E-state index is 12.1. The number of carbonyl (C=O) groups excluding carboxylic acids is 2. The van der Waals surface area contributed by atoms with Crippen LogP contribution in [0.1, 0.15) is 36.5 Å². The van der Waals surface area contributed by atoms with E-state index in [1.54, 1.807) is 48.5 Å². The van der Waals surface area contributed by atoms with E-state index in [4.69, 9.17) is 10.5 Å². The number of ketones is 1. The van der Waals surface area contributed by atoms with Crippen molar-refractivity contribution in [3.8, 4) is 5.75 Å². The summed E-state index contributed by atoms with van der Waals surface area (Å²) in [6, 6.07) is 14.0. The fraction of sp³-hybridized carbons (Fsp3) is 0.263. The lowest BCUT2D eigenvalue weighted by Gasteiger charge is -2.08. The molecule has 6 heteroatoms. The van der Waals surface area contributed by atoms with Gasteiger partial charge in [0.05, 0.1) is 18.0 Å². The highest BCUT2D eigenvalue weighted by atomic mass is 35.5. The molecule has 0 aliphatic rings. The Hall–Kier alpha value is -2.53. The Bertz CT molecular complexity index is 702. The molecule has 0 aliphatic carbocycles. The van der Waals surface area contributed by atoms with Crippen molar-refractivity contribution in [2.45, 2.75) is 26.2 Å². The molecule has 25 heavy (non-hydrogen) atoms. The molecule has 0 fully saturated rings. The van der Waals surface area contributed by atoms with Crippen LogP contribution in [0.15, 0.2) is 48.5 Å². The van der Waals surface area contributed by atoms with E-state index in [1.165, 1.54) is 0 Å². The smallest absolute Gasteiger partial charge is 0.224 e. The van der Waals surface area contributed by atoms with Crippen LogP contribution in [0, 0.1) is 0 Å². The Morgan fingerprint density at radius 2 is 1.72 bits per heavy atom. The van der Waals surface area contributed by atoms with Crippen LogP contribution in [0.4, 0.5) is 11.4 Å². The molecule has 0 saturated carbocycles. The summed E-state index contributed by atoms with van der Waals surface area (Å²) in [7, 11) is 0. The molecule has 0 bridgehead atoms. The SMILES string of the molecule is CCCOc1ccc(C(=O)CCC(=O)Nc2ccccc2N)cc1.Cl. The average Bonchev–Trinajstić information content (AvgIpc) is 2.60. The number of anilines is 2. The molecule has 0 saturated heterocycles. The van der Waals surface area contributed by atoms with Crippen molar-refractivity contribution in [2.75, 3.05) is 17.7 Å². The standard InChI is InChI=1S/C19H22N2O3.ClH/c1-2-13-24-15-9-7-14(8-10-15)18(22)11-12-19(23)21-17-6-4-3-5-16(17)20;/h3-10H,2,11-13,20H2,1H3,(H,21,23);1H. The molecule has 0 spiro atoms. The zero-order valence-electron chi connectivity index (χ0n) is 14.2. The van der Waals surface area contributed by atoms with Crippen LogP contribution >= 0.6 is 12.4 Å². The van der Waals surface area contributed by atoms with E-state index < -0.39 is 0 Å². The van der Waals surface area contributed by atoms with E-state index in [9.17, 15) is 9.59 Å². The minimum atomic E-state index is -0.232. The number of Topliss-reactive ketones (excluding diaryl/α,β-unsaturated/α-hetero) is 1. The number of ether oxygens (including phenoxy) is 1. The van der Waals surface area contributed by atoms with Gasteiger partial charge in [0.2, 0.25) is 5.91 Å². The van der Waals surface area contributed by atoms with Gasteiger partial charge in [-0.1, -0.05) is 19.1 Å². The number of carbonyl (C=O) groups is 2. The first-order valence-electron chi connectivity index (χ1n) is 8.00. The van der Waals surface area contributed by atoms with E-state index in [0.717, 1.165) is 12.2 Å². The highest BCUT2D eigenvalue weighted by Crippen LogP contribution is 2.18. The molecule has 3 N–H and O–H groups in total. The van der Waals surface area contributed by atoms with E-state index in [0.29, 0.717) is 23.5 Å². The quantitative estimate of drug-likeness (QED) is 0.547. The first-order valence-corrected chi connectivity index (χ1v) is 8.00. The number of amides is 1. The largest absolute Gasteiger partial charge is 0.494 e. The molecular weight excluding hydrogens is 340 g/mol. The highest BCUT2D eigenvalue weighted by Gasteiger charge is 2.10. The van der Waals surface area contributed by atoms with Crippen LogP contribution in [0.2, 0.25) is 0 Å². The van der Waals surface area contributed by atoms with Crippen molar-refractivity contribution in [1.82, 2.24) is 0 Å². The van der Waals surface area contributed by atoms with E-state index in [1.807, 2.05) is 6.92 Å². The number of nitrogen functional groups attached to an aromatic ring is 1. The van der Waals surface area contributed by atoms with E-state index >= 15 is 0 Å². The van der Waals surface area contributed by atoms with Crippen LogP contribution in [0.5, 0.6) is 5.75 Å². The summed E-state index contributed by atoms with van der Waals surface area (Å²) in [6.07, 6.45) is 1.19. The van der Waals surface area contributed by atoms with Crippen molar-refractivity contribution >= 4 is 35.5 Å². The van der Waals surface area contributed by atoms with Crippen LogP contribution in [-0.4, -0.2) is 18.3 Å². The van der Waals surface area contributed by atoms with Crippen molar-refractivity contribution in [2.24, 2.45) is 0 Å². The fourth-order valence-electron chi connectivity index (χ4n) is 2.15. The highest BCUT2D eigenvalue weighted by molar-refractivity contribution is 6.00. The second-order valence-electron chi connectivity index (χ2n) is 5.43. The van der Waals surface area contributed by atoms with Crippen LogP contribution < -0.4 is 15.8 Å². The van der Waals surface area contributed by atoms with Gasteiger partial charge >= 0.3 is 0 Å². The van der Waals surface area contributed by atoms with Gasteiger partial charge in [-0.3, -0.25) is 9.59 Å². The predicted octanol–water partition coefficient (Wildman–Crippen LogP) is 4.08. The Labute approximate surface area is 154 Å². The molecule has 0 unspecified atom stereocenters. The molecular formula is C19H23ClN2O3. The van der Waals surface area contributed by atoms with Gasteiger partial charge in [-0.2, -0.15) is 0 Å². The Kier molecular flexibility index (Phi) is 8.50. The third kappa shape index (κ3) is 6.47. The molecule has 2 rings (SSSR count). The molecule has 2 aromatic carbocycles. The minimum Gasteiger partial charge on any atom is -0.494 e. The second kappa shape index (κ2) is 10.4. The molecule has 0 aromatic heterocycles. The van der Waals surface area contributed by atoms with Crippen LogP contribution in [0.3, 0.4) is 0 Å². The third-order valence-electron chi connectivity index (χ3n) is 3.46. The number of benzene rings is 2. The molecule has 2 aromatic rings. The lowest BCUT2D eigenvalue weighted by atomic mass is 10.1. The number of nitrogens with two attached hydrogens (primary N) is 1. The molecule has 0 radical (unpaired) electrons. The predicted molar refractivity (Wildman–Crippen MR) is 103 cm³/mol. The van der Waals surface area contributed by atoms with Crippen molar-refractivity contribution < 1.29 is 14.3 Å². The molecule has 5 nitrogen and oxygen atoms in total. The van der Waals surface area contributed by atoms with Gasteiger partial charge in [0.25, 0.3) is 0 Å². The number of hydrogen-bond acceptors (Lipinski definition) is 4. The van der Waals surface area contributed by atoms with Crippen molar-refractivity contribution in [3.63, 3.8) is 0 Å². The van der Waals surface area contributed by atoms with Crippen LogP contribution in [-0.2, 0) is 4.79 Å². The zero-order valence-corrected chi connectivity index (χ0v) is 15.0. The Morgan fingerprint density at radius 1 is 1.04 bits per heavy atom. The molecule has 0 atom stereocenters. The summed E-state index contributed by atoms with van der Waals surface area (Å²) < 4.78 is 5.48. The van der Waals surface area contributed by atoms with Gasteiger partial charge in [0.1, 0.15) is 5.75 Å². The maximum atomic E-state index is 12.1. The lowest BCUT2D eigenvalue weighted by Crippen LogP contribution is -2.14.